The van der Waals surface area contributed by atoms with Crippen LogP contribution in [0.1, 0.15) is 51.9 Å². The fourth-order valence-corrected chi connectivity index (χ4v) is 3.36. The van der Waals surface area contributed by atoms with Gasteiger partial charge in [0.1, 0.15) is 0 Å². The Morgan fingerprint density at radius 3 is 2.73 bits per heavy atom. The second-order valence-electron chi connectivity index (χ2n) is 4.82. The fourth-order valence-electron chi connectivity index (χ4n) is 2.90. The zero-order chi connectivity index (χ0) is 11.1. The molecule has 0 aromatic rings. The molecule has 3 unspecified atom stereocenters. The van der Waals surface area contributed by atoms with E-state index in [4.69, 9.17) is 0 Å². The Morgan fingerprint density at radius 2 is 2.07 bits per heavy atom. The van der Waals surface area contributed by atoms with Gasteiger partial charge >= 0.3 is 0 Å². The van der Waals surface area contributed by atoms with Crippen molar-refractivity contribution >= 4 is 11.8 Å². The van der Waals surface area contributed by atoms with E-state index in [1.807, 2.05) is 11.8 Å². The van der Waals surface area contributed by atoms with Gasteiger partial charge in [-0.15, -0.1) is 0 Å². The number of thioether (sulfide) groups is 1. The monoisotopic (exact) mass is 230 g/mol. The summed E-state index contributed by atoms with van der Waals surface area (Å²) in [4.78, 5) is 0. The number of hydrogen-bond acceptors (Lipinski definition) is 2. The standard InChI is InChI=1S/C13H26OS/c1-3-11-7-4-5-8-12(11)13(14)9-6-10-15-2/h11-14H,3-10H2,1-2H3. The molecule has 1 N–H and O–H groups in total. The molecular formula is C13H26OS. The highest BCUT2D eigenvalue weighted by Gasteiger charge is 2.28. The minimum Gasteiger partial charge on any atom is -0.393 e. The van der Waals surface area contributed by atoms with Crippen LogP contribution in [0.2, 0.25) is 0 Å². The smallest absolute Gasteiger partial charge is 0.0571 e. The summed E-state index contributed by atoms with van der Waals surface area (Å²) >= 11 is 1.89. The van der Waals surface area contributed by atoms with Crippen molar-refractivity contribution in [3.8, 4) is 0 Å². The molecule has 0 saturated heterocycles. The maximum Gasteiger partial charge on any atom is 0.0571 e. The molecule has 3 atom stereocenters. The predicted molar refractivity (Wildman–Crippen MR) is 69.4 cm³/mol. The van der Waals surface area contributed by atoms with Crippen molar-refractivity contribution < 1.29 is 5.11 Å². The molecule has 0 aromatic heterocycles. The van der Waals surface area contributed by atoms with Crippen LogP contribution in [0, 0.1) is 11.8 Å². The summed E-state index contributed by atoms with van der Waals surface area (Å²) < 4.78 is 0. The fraction of sp³-hybridized carbons (Fsp3) is 1.00. The Morgan fingerprint density at radius 1 is 1.33 bits per heavy atom. The highest BCUT2D eigenvalue weighted by atomic mass is 32.2. The van der Waals surface area contributed by atoms with Gasteiger partial charge in [-0.05, 0) is 43.1 Å². The van der Waals surface area contributed by atoms with Crippen molar-refractivity contribution in [2.45, 2.75) is 58.0 Å². The number of hydrogen-bond donors (Lipinski definition) is 1. The van der Waals surface area contributed by atoms with Gasteiger partial charge in [-0.2, -0.15) is 11.8 Å². The third-order valence-electron chi connectivity index (χ3n) is 3.83. The quantitative estimate of drug-likeness (QED) is 0.702. The first kappa shape index (κ1) is 13.4. The average molecular weight is 230 g/mol. The third kappa shape index (κ3) is 4.36. The number of aliphatic hydroxyl groups is 1. The summed E-state index contributed by atoms with van der Waals surface area (Å²) in [6, 6.07) is 0. The van der Waals surface area contributed by atoms with E-state index in [-0.39, 0.29) is 6.10 Å². The summed E-state index contributed by atoms with van der Waals surface area (Å²) in [6.07, 6.45) is 10.9. The van der Waals surface area contributed by atoms with Crippen LogP contribution in [0.4, 0.5) is 0 Å². The van der Waals surface area contributed by atoms with Gasteiger partial charge in [-0.1, -0.05) is 32.6 Å². The zero-order valence-corrected chi connectivity index (χ0v) is 11.1. The van der Waals surface area contributed by atoms with Gasteiger partial charge in [0.2, 0.25) is 0 Å². The van der Waals surface area contributed by atoms with E-state index in [9.17, 15) is 5.11 Å². The highest BCUT2D eigenvalue weighted by Crippen LogP contribution is 2.35. The van der Waals surface area contributed by atoms with E-state index < -0.39 is 0 Å². The van der Waals surface area contributed by atoms with E-state index in [0.29, 0.717) is 5.92 Å². The molecule has 1 aliphatic carbocycles. The van der Waals surface area contributed by atoms with Gasteiger partial charge in [0, 0.05) is 0 Å². The molecule has 0 heterocycles. The highest BCUT2D eigenvalue weighted by molar-refractivity contribution is 7.98. The molecule has 0 aliphatic heterocycles. The van der Waals surface area contributed by atoms with Crippen molar-refractivity contribution in [1.29, 1.82) is 0 Å². The van der Waals surface area contributed by atoms with Gasteiger partial charge in [-0.3, -0.25) is 0 Å². The lowest BCUT2D eigenvalue weighted by atomic mass is 9.74. The van der Waals surface area contributed by atoms with Crippen LogP contribution in [0.3, 0.4) is 0 Å². The molecule has 2 heteroatoms. The van der Waals surface area contributed by atoms with Gasteiger partial charge in [0.05, 0.1) is 6.10 Å². The molecule has 0 amide bonds. The Kier molecular flexibility index (Phi) is 6.74. The van der Waals surface area contributed by atoms with Gasteiger partial charge in [-0.25, -0.2) is 0 Å². The van der Waals surface area contributed by atoms with Gasteiger partial charge in [0.15, 0.2) is 0 Å². The lowest BCUT2D eigenvalue weighted by Crippen LogP contribution is -2.30. The first-order chi connectivity index (χ1) is 7.29. The third-order valence-corrected chi connectivity index (χ3v) is 4.53. The van der Waals surface area contributed by atoms with E-state index in [1.165, 1.54) is 44.3 Å². The maximum absolute atomic E-state index is 10.2. The summed E-state index contributed by atoms with van der Waals surface area (Å²) in [5.74, 6) is 2.59. The Balaban J connectivity index is 2.31. The van der Waals surface area contributed by atoms with E-state index in [1.54, 1.807) is 0 Å². The minimum absolute atomic E-state index is 0.0256. The van der Waals surface area contributed by atoms with Crippen LogP contribution in [0.15, 0.2) is 0 Å². The first-order valence-electron chi connectivity index (χ1n) is 6.46. The molecule has 1 nitrogen and oxygen atoms in total. The molecule has 0 bridgehead atoms. The van der Waals surface area contributed by atoms with Crippen LogP contribution in [-0.2, 0) is 0 Å². The Hall–Kier alpha value is 0.310. The zero-order valence-electron chi connectivity index (χ0n) is 10.2. The minimum atomic E-state index is -0.0256. The molecular weight excluding hydrogens is 204 g/mol. The Labute approximate surface area is 99.0 Å². The molecule has 90 valence electrons. The van der Waals surface area contributed by atoms with Crippen molar-refractivity contribution in [3.05, 3.63) is 0 Å². The Bertz CT molecular complexity index is 161. The molecule has 15 heavy (non-hydrogen) atoms. The largest absolute Gasteiger partial charge is 0.393 e. The predicted octanol–water partition coefficient (Wildman–Crippen LogP) is 3.71. The normalized spacial score (nSPS) is 29.0. The second-order valence-corrected chi connectivity index (χ2v) is 5.80. The molecule has 1 aliphatic rings. The first-order valence-corrected chi connectivity index (χ1v) is 7.86. The number of aliphatic hydroxyl groups excluding tert-OH is 1. The van der Waals surface area contributed by atoms with Crippen LogP contribution in [0.25, 0.3) is 0 Å². The maximum atomic E-state index is 10.2. The van der Waals surface area contributed by atoms with Crippen molar-refractivity contribution in [1.82, 2.24) is 0 Å². The molecule has 1 rings (SSSR count). The SMILES string of the molecule is CCC1CCCCC1C(O)CCCSC. The van der Waals surface area contributed by atoms with Crippen LogP contribution >= 0.6 is 11.8 Å². The molecule has 0 radical (unpaired) electrons. The molecule has 1 saturated carbocycles. The second kappa shape index (κ2) is 7.56. The van der Waals surface area contributed by atoms with Crippen LogP contribution in [0.5, 0.6) is 0 Å². The van der Waals surface area contributed by atoms with Gasteiger partial charge < -0.3 is 5.11 Å². The summed E-state index contributed by atoms with van der Waals surface area (Å²) in [5.41, 5.74) is 0. The molecule has 0 spiro atoms. The van der Waals surface area contributed by atoms with E-state index in [2.05, 4.69) is 13.2 Å². The molecule has 1 fully saturated rings. The van der Waals surface area contributed by atoms with E-state index in [0.717, 1.165) is 12.3 Å². The summed E-state index contributed by atoms with van der Waals surface area (Å²) in [7, 11) is 0. The van der Waals surface area contributed by atoms with Crippen LogP contribution < -0.4 is 0 Å². The summed E-state index contributed by atoms with van der Waals surface area (Å²) in [5, 5.41) is 10.2. The number of rotatable bonds is 6. The molecule has 0 aromatic carbocycles. The van der Waals surface area contributed by atoms with Crippen molar-refractivity contribution in [3.63, 3.8) is 0 Å². The average Bonchev–Trinajstić information content (AvgIpc) is 2.29. The van der Waals surface area contributed by atoms with E-state index >= 15 is 0 Å². The van der Waals surface area contributed by atoms with Gasteiger partial charge in [0.25, 0.3) is 0 Å². The lowest BCUT2D eigenvalue weighted by Gasteiger charge is -2.34. The van der Waals surface area contributed by atoms with Crippen molar-refractivity contribution in [2.24, 2.45) is 11.8 Å². The van der Waals surface area contributed by atoms with Crippen molar-refractivity contribution in [2.75, 3.05) is 12.0 Å². The topological polar surface area (TPSA) is 20.2 Å². The lowest BCUT2D eigenvalue weighted by molar-refractivity contribution is 0.0398. The van der Waals surface area contributed by atoms with Crippen LogP contribution in [-0.4, -0.2) is 23.2 Å². The summed E-state index contributed by atoms with van der Waals surface area (Å²) in [6.45, 7) is 2.28.